The van der Waals surface area contributed by atoms with Crippen LogP contribution in [-0.4, -0.2) is 8.32 Å². The van der Waals surface area contributed by atoms with Crippen LogP contribution in [0.2, 0.25) is 19.6 Å². The van der Waals surface area contributed by atoms with Crippen molar-refractivity contribution >= 4 is 8.32 Å². The second-order valence-electron chi connectivity index (χ2n) is 7.22. The summed E-state index contributed by atoms with van der Waals surface area (Å²) in [6.45, 7) is 9.21. The van der Waals surface area contributed by atoms with Crippen molar-refractivity contribution in [2.75, 3.05) is 0 Å². The molecule has 0 N–H and O–H groups in total. The predicted molar refractivity (Wildman–Crippen MR) is 89.4 cm³/mol. The van der Waals surface area contributed by atoms with Gasteiger partial charge in [-0.25, -0.2) is 0 Å². The van der Waals surface area contributed by atoms with Crippen LogP contribution in [0.5, 0.6) is 0 Å². The van der Waals surface area contributed by atoms with Crippen LogP contribution in [0.25, 0.3) is 0 Å². The van der Waals surface area contributed by atoms with Gasteiger partial charge in [0, 0.05) is 0 Å². The molecule has 0 heterocycles. The van der Waals surface area contributed by atoms with Gasteiger partial charge in [0.1, 0.15) is 0 Å². The summed E-state index contributed by atoms with van der Waals surface area (Å²) in [4.78, 5) is 0. The summed E-state index contributed by atoms with van der Waals surface area (Å²) < 4.78 is 6.63. The lowest BCUT2D eigenvalue weighted by Crippen LogP contribution is -2.33. The molecule has 112 valence electrons. The van der Waals surface area contributed by atoms with E-state index >= 15 is 0 Å². The van der Waals surface area contributed by atoms with Crippen molar-refractivity contribution < 1.29 is 4.43 Å². The molecule has 2 rings (SSSR count). The van der Waals surface area contributed by atoms with Crippen LogP contribution >= 0.6 is 0 Å². The minimum atomic E-state index is -1.51. The van der Waals surface area contributed by atoms with Crippen molar-refractivity contribution in [3.8, 4) is 0 Å². The summed E-state index contributed by atoms with van der Waals surface area (Å²) >= 11 is 0. The molecule has 2 atom stereocenters. The van der Waals surface area contributed by atoms with Crippen molar-refractivity contribution in [1.29, 1.82) is 0 Å². The largest absolute Gasteiger partial charge is 0.408 e. The zero-order valence-electron chi connectivity index (χ0n) is 13.6. The van der Waals surface area contributed by atoms with Crippen LogP contribution in [0.15, 0.2) is 30.3 Å². The maximum atomic E-state index is 6.63. The van der Waals surface area contributed by atoms with E-state index in [2.05, 4.69) is 56.9 Å². The molecule has 0 radical (unpaired) electrons. The Labute approximate surface area is 125 Å². The molecule has 1 aromatic rings. The van der Waals surface area contributed by atoms with E-state index < -0.39 is 8.32 Å². The van der Waals surface area contributed by atoms with Crippen molar-refractivity contribution in [3.05, 3.63) is 35.9 Å². The van der Waals surface area contributed by atoms with Crippen LogP contribution in [0.1, 0.15) is 51.0 Å². The van der Waals surface area contributed by atoms with Crippen LogP contribution in [0.3, 0.4) is 0 Å². The smallest absolute Gasteiger partial charge is 0.184 e. The van der Waals surface area contributed by atoms with Gasteiger partial charge >= 0.3 is 0 Å². The molecule has 0 aromatic heterocycles. The molecule has 0 saturated heterocycles. The van der Waals surface area contributed by atoms with E-state index in [0.717, 1.165) is 5.92 Å². The zero-order valence-corrected chi connectivity index (χ0v) is 14.6. The van der Waals surface area contributed by atoms with E-state index in [1.54, 1.807) is 0 Å². The van der Waals surface area contributed by atoms with E-state index in [-0.39, 0.29) is 5.60 Å². The minimum absolute atomic E-state index is 0.0535. The van der Waals surface area contributed by atoms with E-state index in [1.807, 2.05) is 0 Å². The van der Waals surface area contributed by atoms with E-state index in [1.165, 1.54) is 44.1 Å². The van der Waals surface area contributed by atoms with E-state index in [9.17, 15) is 0 Å². The number of unbranched alkanes of at least 4 members (excludes halogenated alkanes) is 3. The summed E-state index contributed by atoms with van der Waals surface area (Å²) in [6, 6.07) is 10.9. The fourth-order valence-electron chi connectivity index (χ4n) is 3.26. The van der Waals surface area contributed by atoms with Gasteiger partial charge in [0.15, 0.2) is 8.32 Å². The Morgan fingerprint density at radius 2 is 1.80 bits per heavy atom. The lowest BCUT2D eigenvalue weighted by molar-refractivity contribution is 0.149. The number of benzene rings is 1. The Kier molecular flexibility index (Phi) is 5.08. The molecule has 1 aliphatic carbocycles. The van der Waals surface area contributed by atoms with Crippen LogP contribution < -0.4 is 0 Å². The summed E-state index contributed by atoms with van der Waals surface area (Å²) in [5.74, 6) is 0.744. The minimum Gasteiger partial charge on any atom is -0.408 e. The van der Waals surface area contributed by atoms with Crippen molar-refractivity contribution in [1.82, 2.24) is 0 Å². The molecule has 20 heavy (non-hydrogen) atoms. The average Bonchev–Trinajstić information content (AvgIpc) is 3.08. The lowest BCUT2D eigenvalue weighted by atomic mass is 10.0. The Hall–Kier alpha value is -0.603. The average molecular weight is 291 g/mol. The van der Waals surface area contributed by atoms with Crippen molar-refractivity contribution in [2.24, 2.45) is 5.92 Å². The third-order valence-electron chi connectivity index (χ3n) is 4.21. The second-order valence-corrected chi connectivity index (χ2v) is 11.6. The quantitative estimate of drug-likeness (QED) is 0.439. The summed E-state index contributed by atoms with van der Waals surface area (Å²) in [5, 5.41) is 0. The molecule has 1 saturated carbocycles. The normalized spacial score (nSPS) is 25.7. The third-order valence-corrected chi connectivity index (χ3v) is 5.18. The fraction of sp³-hybridized carbons (Fsp3) is 0.667. The standard InChI is InChI=1S/C18H30OSi/c1-5-6-7-9-14-17-15-18(17,19-20(2,3)4)16-12-10-8-11-13-16/h8,10-13,17H,5-7,9,14-15H2,1-4H3. The lowest BCUT2D eigenvalue weighted by Gasteiger charge is -2.28. The van der Waals surface area contributed by atoms with Crippen molar-refractivity contribution in [2.45, 2.75) is 70.7 Å². The van der Waals surface area contributed by atoms with Crippen LogP contribution in [0.4, 0.5) is 0 Å². The highest BCUT2D eigenvalue weighted by molar-refractivity contribution is 6.69. The van der Waals surface area contributed by atoms with Gasteiger partial charge in [-0.15, -0.1) is 0 Å². The Bertz CT molecular complexity index is 409. The first kappa shape index (κ1) is 15.8. The molecule has 0 bridgehead atoms. The Morgan fingerprint density at radius 3 is 2.40 bits per heavy atom. The summed E-state index contributed by atoms with van der Waals surface area (Å²) in [6.07, 6.45) is 8.00. The Balaban J connectivity index is 2.02. The zero-order chi connectivity index (χ0) is 14.6. The monoisotopic (exact) mass is 290 g/mol. The molecular formula is C18H30OSi. The number of hydrogen-bond donors (Lipinski definition) is 0. The molecule has 1 aliphatic rings. The first-order valence-corrected chi connectivity index (χ1v) is 11.6. The number of rotatable bonds is 8. The van der Waals surface area contributed by atoms with Gasteiger partial charge in [0.25, 0.3) is 0 Å². The van der Waals surface area contributed by atoms with Gasteiger partial charge < -0.3 is 4.43 Å². The van der Waals surface area contributed by atoms with Gasteiger partial charge in [-0.05, 0) is 44.0 Å². The van der Waals surface area contributed by atoms with Crippen molar-refractivity contribution in [3.63, 3.8) is 0 Å². The van der Waals surface area contributed by atoms with Gasteiger partial charge in [-0.2, -0.15) is 0 Å². The predicted octanol–water partition coefficient (Wildman–Crippen LogP) is 5.72. The highest BCUT2D eigenvalue weighted by Gasteiger charge is 2.57. The highest BCUT2D eigenvalue weighted by Crippen LogP contribution is 2.58. The van der Waals surface area contributed by atoms with Crippen LogP contribution in [0, 0.1) is 5.92 Å². The number of hydrogen-bond acceptors (Lipinski definition) is 1. The molecule has 0 spiro atoms. The van der Waals surface area contributed by atoms with Crippen LogP contribution in [-0.2, 0) is 10.0 Å². The summed E-state index contributed by atoms with van der Waals surface area (Å²) in [5.41, 5.74) is 1.46. The van der Waals surface area contributed by atoms with E-state index in [4.69, 9.17) is 4.43 Å². The first-order chi connectivity index (χ1) is 9.48. The molecule has 2 heteroatoms. The highest BCUT2D eigenvalue weighted by atomic mass is 28.4. The third kappa shape index (κ3) is 3.95. The van der Waals surface area contributed by atoms with Gasteiger partial charge in [0.05, 0.1) is 5.60 Å². The maximum Gasteiger partial charge on any atom is 0.184 e. The molecule has 0 aliphatic heterocycles. The first-order valence-electron chi connectivity index (χ1n) is 8.23. The molecule has 2 unspecified atom stereocenters. The Morgan fingerprint density at radius 1 is 1.10 bits per heavy atom. The maximum absolute atomic E-state index is 6.63. The van der Waals surface area contributed by atoms with Gasteiger partial charge in [-0.1, -0.05) is 62.9 Å². The molecular weight excluding hydrogens is 260 g/mol. The fourth-order valence-corrected chi connectivity index (χ4v) is 4.72. The summed E-state index contributed by atoms with van der Waals surface area (Å²) in [7, 11) is -1.51. The van der Waals surface area contributed by atoms with Gasteiger partial charge in [-0.3, -0.25) is 0 Å². The molecule has 1 fully saturated rings. The molecule has 1 aromatic carbocycles. The topological polar surface area (TPSA) is 9.23 Å². The molecule has 0 amide bonds. The SMILES string of the molecule is CCCCCCC1CC1(O[Si](C)(C)C)c1ccccc1. The second kappa shape index (κ2) is 6.44. The molecule has 1 nitrogen and oxygen atoms in total. The van der Waals surface area contributed by atoms with E-state index in [0.29, 0.717) is 0 Å². The van der Waals surface area contributed by atoms with Gasteiger partial charge in [0.2, 0.25) is 0 Å².